The first-order valence-corrected chi connectivity index (χ1v) is 8.05. The maximum atomic E-state index is 12.1. The molecule has 1 aromatic rings. The monoisotopic (exact) mass is 280 g/mol. The van der Waals surface area contributed by atoms with Crippen LogP contribution in [0.4, 0.5) is 5.69 Å². The Morgan fingerprint density at radius 3 is 2.84 bits per heavy atom. The number of nitrogens with zero attached hydrogens (tertiary/aromatic N) is 1. The summed E-state index contributed by atoms with van der Waals surface area (Å²) in [6.07, 6.45) is 8.01. The smallest absolute Gasteiger partial charge is 0.273 e. The molecule has 0 saturated heterocycles. The number of nitrogen functional groups attached to an aromatic ring is 1. The summed E-state index contributed by atoms with van der Waals surface area (Å²) in [6.45, 7) is 0.706. The zero-order valence-corrected chi connectivity index (χ0v) is 12.0. The Bertz CT molecular complexity index is 485. The second-order valence-corrected chi connectivity index (χ2v) is 6.87. The molecule has 2 aliphatic carbocycles. The molecule has 2 aliphatic rings. The molecule has 2 fully saturated rings. The molecule has 0 spiro atoms. The van der Waals surface area contributed by atoms with Crippen molar-refractivity contribution >= 4 is 23.4 Å². The van der Waals surface area contributed by atoms with Crippen molar-refractivity contribution in [3.05, 3.63) is 11.4 Å². The van der Waals surface area contributed by atoms with E-state index in [2.05, 4.69) is 21.8 Å². The first kappa shape index (κ1) is 12.8. The van der Waals surface area contributed by atoms with Gasteiger partial charge in [-0.15, -0.1) is 0 Å². The number of carbonyl (C=O) groups is 1. The largest absolute Gasteiger partial charge is 0.395 e. The quantitative estimate of drug-likeness (QED) is 0.769. The van der Waals surface area contributed by atoms with Crippen molar-refractivity contribution in [2.75, 3.05) is 18.5 Å². The number of aromatic amines is 1. The van der Waals surface area contributed by atoms with Crippen LogP contribution in [-0.4, -0.2) is 33.7 Å². The van der Waals surface area contributed by atoms with Crippen molar-refractivity contribution in [1.29, 1.82) is 0 Å². The minimum atomic E-state index is -0.152. The van der Waals surface area contributed by atoms with Crippen LogP contribution in [0.2, 0.25) is 0 Å². The fourth-order valence-electron chi connectivity index (χ4n) is 2.57. The number of hydrogen-bond acceptors (Lipinski definition) is 4. The summed E-state index contributed by atoms with van der Waals surface area (Å²) in [5.74, 6) is 0.333. The van der Waals surface area contributed by atoms with Gasteiger partial charge in [0.05, 0.1) is 11.4 Å². The third-order valence-corrected chi connectivity index (χ3v) is 5.72. The van der Waals surface area contributed by atoms with Crippen LogP contribution >= 0.6 is 11.8 Å². The van der Waals surface area contributed by atoms with Crippen molar-refractivity contribution in [3.8, 4) is 0 Å². The van der Waals surface area contributed by atoms with Gasteiger partial charge in [0.15, 0.2) is 5.69 Å². The van der Waals surface area contributed by atoms with Gasteiger partial charge in [-0.3, -0.25) is 9.89 Å². The van der Waals surface area contributed by atoms with E-state index >= 15 is 0 Å². The maximum absolute atomic E-state index is 12.1. The van der Waals surface area contributed by atoms with Crippen molar-refractivity contribution in [2.24, 2.45) is 0 Å². The third-order valence-electron chi connectivity index (χ3n) is 4.30. The number of carbonyl (C=O) groups excluding carboxylic acids is 1. The SMILES string of the molecule is CSC1(CNC(=O)c2n[nH]c(C3CC3)c2N)CCC1. The molecule has 0 radical (unpaired) electrons. The number of anilines is 1. The van der Waals surface area contributed by atoms with Gasteiger partial charge < -0.3 is 11.1 Å². The molecule has 0 aromatic carbocycles. The molecule has 0 unspecified atom stereocenters. The zero-order valence-electron chi connectivity index (χ0n) is 11.2. The van der Waals surface area contributed by atoms with Crippen molar-refractivity contribution in [2.45, 2.75) is 42.8 Å². The number of hydrogen-bond donors (Lipinski definition) is 3. The number of amides is 1. The predicted octanol–water partition coefficient (Wildman–Crippen LogP) is 1.88. The minimum absolute atomic E-state index is 0.152. The van der Waals surface area contributed by atoms with Crippen LogP contribution in [0, 0.1) is 0 Å². The van der Waals surface area contributed by atoms with Crippen LogP contribution in [-0.2, 0) is 0 Å². The number of nitrogens with two attached hydrogens (primary N) is 1. The summed E-state index contributed by atoms with van der Waals surface area (Å²) in [5.41, 5.74) is 7.83. The molecular weight excluding hydrogens is 260 g/mol. The van der Waals surface area contributed by atoms with Gasteiger partial charge in [0.2, 0.25) is 0 Å². The number of thioether (sulfide) groups is 1. The van der Waals surface area contributed by atoms with E-state index < -0.39 is 0 Å². The van der Waals surface area contributed by atoms with Crippen molar-refractivity contribution < 1.29 is 4.79 Å². The first-order valence-electron chi connectivity index (χ1n) is 6.82. The van der Waals surface area contributed by atoms with Gasteiger partial charge in [-0.2, -0.15) is 16.9 Å². The molecule has 1 heterocycles. The average molecular weight is 280 g/mol. The lowest BCUT2D eigenvalue weighted by molar-refractivity contribution is 0.0940. The highest BCUT2D eigenvalue weighted by molar-refractivity contribution is 8.00. The number of aromatic nitrogens is 2. The fraction of sp³-hybridized carbons (Fsp3) is 0.692. The lowest BCUT2D eigenvalue weighted by Gasteiger charge is -2.40. The van der Waals surface area contributed by atoms with Crippen LogP contribution in [0.25, 0.3) is 0 Å². The summed E-state index contributed by atoms with van der Waals surface area (Å²) in [7, 11) is 0. The molecule has 19 heavy (non-hydrogen) atoms. The third kappa shape index (κ3) is 2.33. The van der Waals surface area contributed by atoms with Gasteiger partial charge in [0, 0.05) is 17.2 Å². The highest BCUT2D eigenvalue weighted by Gasteiger charge is 2.37. The van der Waals surface area contributed by atoms with Crippen LogP contribution in [0.1, 0.15) is 54.2 Å². The molecular formula is C13H20N4OS. The molecule has 5 nitrogen and oxygen atoms in total. The van der Waals surface area contributed by atoms with Gasteiger partial charge >= 0.3 is 0 Å². The summed E-state index contributed by atoms with van der Waals surface area (Å²) in [4.78, 5) is 12.1. The van der Waals surface area contributed by atoms with E-state index in [-0.39, 0.29) is 10.7 Å². The number of rotatable bonds is 5. The van der Waals surface area contributed by atoms with Crippen molar-refractivity contribution in [1.82, 2.24) is 15.5 Å². The fourth-order valence-corrected chi connectivity index (χ4v) is 3.48. The molecule has 6 heteroatoms. The lowest BCUT2D eigenvalue weighted by Crippen LogP contribution is -2.45. The zero-order chi connectivity index (χ0) is 13.5. The minimum Gasteiger partial charge on any atom is -0.395 e. The first-order chi connectivity index (χ1) is 9.15. The van der Waals surface area contributed by atoms with Crippen LogP contribution in [0.15, 0.2) is 0 Å². The van der Waals surface area contributed by atoms with E-state index in [1.807, 2.05) is 11.8 Å². The van der Waals surface area contributed by atoms with Gasteiger partial charge in [-0.05, 0) is 31.9 Å². The maximum Gasteiger partial charge on any atom is 0.273 e. The molecule has 0 bridgehead atoms. The Morgan fingerprint density at radius 1 is 1.58 bits per heavy atom. The normalized spacial score (nSPS) is 20.9. The van der Waals surface area contributed by atoms with Gasteiger partial charge in [0.25, 0.3) is 5.91 Å². The van der Waals surface area contributed by atoms with Crippen LogP contribution in [0.3, 0.4) is 0 Å². The second-order valence-electron chi connectivity index (χ2n) is 5.60. The van der Waals surface area contributed by atoms with Gasteiger partial charge in [0.1, 0.15) is 0 Å². The topological polar surface area (TPSA) is 83.8 Å². The van der Waals surface area contributed by atoms with E-state index in [0.717, 1.165) is 18.5 Å². The molecule has 3 rings (SSSR count). The summed E-state index contributed by atoms with van der Waals surface area (Å²) in [6, 6.07) is 0. The number of nitrogens with one attached hydrogen (secondary N) is 2. The lowest BCUT2D eigenvalue weighted by atomic mass is 9.84. The Hall–Kier alpha value is -1.17. The van der Waals surface area contributed by atoms with E-state index in [0.29, 0.717) is 23.8 Å². The summed E-state index contributed by atoms with van der Waals surface area (Å²) in [5, 5.41) is 9.98. The summed E-state index contributed by atoms with van der Waals surface area (Å²) < 4.78 is 0.236. The van der Waals surface area contributed by atoms with E-state index in [4.69, 9.17) is 5.73 Å². The highest BCUT2D eigenvalue weighted by Crippen LogP contribution is 2.43. The van der Waals surface area contributed by atoms with Gasteiger partial charge in [-0.1, -0.05) is 6.42 Å². The van der Waals surface area contributed by atoms with Crippen LogP contribution in [0.5, 0.6) is 0 Å². The molecule has 1 amide bonds. The second kappa shape index (κ2) is 4.74. The molecule has 104 valence electrons. The molecule has 4 N–H and O–H groups in total. The van der Waals surface area contributed by atoms with E-state index in [1.54, 1.807) is 0 Å². The molecule has 0 aliphatic heterocycles. The van der Waals surface area contributed by atoms with E-state index in [1.165, 1.54) is 19.3 Å². The molecule has 0 atom stereocenters. The van der Waals surface area contributed by atoms with Gasteiger partial charge in [-0.25, -0.2) is 0 Å². The Balaban J connectivity index is 1.63. The van der Waals surface area contributed by atoms with Crippen LogP contribution < -0.4 is 11.1 Å². The Kier molecular flexibility index (Phi) is 3.20. The standard InChI is InChI=1S/C13H20N4OS/c1-19-13(5-2-6-13)7-15-12(18)11-9(14)10(16-17-11)8-3-4-8/h8H,2-7,14H2,1H3,(H,15,18)(H,16,17). The Morgan fingerprint density at radius 2 is 2.32 bits per heavy atom. The van der Waals surface area contributed by atoms with E-state index in [9.17, 15) is 4.79 Å². The molecule has 1 aromatic heterocycles. The molecule has 2 saturated carbocycles. The van der Waals surface area contributed by atoms with Crippen molar-refractivity contribution in [3.63, 3.8) is 0 Å². The average Bonchev–Trinajstić information content (AvgIpc) is 3.12. The number of H-pyrrole nitrogens is 1. The Labute approximate surface area is 117 Å². The highest BCUT2D eigenvalue weighted by atomic mass is 32.2. The predicted molar refractivity (Wildman–Crippen MR) is 77.4 cm³/mol. The summed E-state index contributed by atoms with van der Waals surface area (Å²) >= 11 is 1.85.